The van der Waals surface area contributed by atoms with Gasteiger partial charge in [0, 0.05) is 4.88 Å². The van der Waals surface area contributed by atoms with Crippen LogP contribution in [0.15, 0.2) is 28.9 Å². The van der Waals surface area contributed by atoms with Gasteiger partial charge in [-0.1, -0.05) is 11.8 Å². The zero-order valence-corrected chi connectivity index (χ0v) is 11.3. The first kappa shape index (κ1) is 13.4. The minimum atomic E-state index is -0.130. The van der Waals surface area contributed by atoms with Crippen LogP contribution in [0.5, 0.6) is 0 Å². The molecular weight excluding hydrogens is 260 g/mol. The minimum Gasteiger partial charge on any atom is -0.469 e. The van der Waals surface area contributed by atoms with E-state index < -0.39 is 0 Å². The van der Waals surface area contributed by atoms with E-state index in [9.17, 15) is 4.79 Å². The number of thiophene rings is 1. The number of amides is 1. The number of carbonyl (C=O) groups excluding carboxylic acids is 1. The highest BCUT2D eigenvalue weighted by atomic mass is 32.1. The maximum atomic E-state index is 11.9. The third kappa shape index (κ3) is 3.47. The zero-order chi connectivity index (χ0) is 13.7. The Bertz CT molecular complexity index is 631. The third-order valence-corrected chi connectivity index (χ3v) is 3.50. The fourth-order valence-corrected chi connectivity index (χ4v) is 2.38. The lowest BCUT2D eigenvalue weighted by Gasteiger charge is -2.01. The van der Waals surface area contributed by atoms with Gasteiger partial charge < -0.3 is 15.5 Å². The maximum absolute atomic E-state index is 11.9. The van der Waals surface area contributed by atoms with E-state index in [4.69, 9.17) is 10.2 Å². The number of nitrogens with two attached hydrogens (primary N) is 1. The summed E-state index contributed by atoms with van der Waals surface area (Å²) >= 11 is 1.55. The lowest BCUT2D eigenvalue weighted by Crippen LogP contribution is -2.22. The first-order chi connectivity index (χ1) is 9.20. The Morgan fingerprint density at radius 3 is 3.00 bits per heavy atom. The Morgan fingerprint density at radius 2 is 2.32 bits per heavy atom. The van der Waals surface area contributed by atoms with Gasteiger partial charge in [-0.15, -0.1) is 11.3 Å². The SMILES string of the molecule is Cc1occc1C(=O)NCc1ccc(C#CCN)s1. The molecule has 0 bridgehead atoms. The molecule has 2 heterocycles. The summed E-state index contributed by atoms with van der Waals surface area (Å²) < 4.78 is 5.10. The molecule has 0 aromatic carbocycles. The molecule has 2 aromatic heterocycles. The molecule has 3 N–H and O–H groups in total. The number of carbonyl (C=O) groups is 1. The van der Waals surface area contributed by atoms with Crippen molar-refractivity contribution in [2.45, 2.75) is 13.5 Å². The van der Waals surface area contributed by atoms with Gasteiger partial charge in [-0.25, -0.2) is 0 Å². The van der Waals surface area contributed by atoms with Crippen LogP contribution in [-0.2, 0) is 6.54 Å². The van der Waals surface area contributed by atoms with Gasteiger partial charge >= 0.3 is 0 Å². The van der Waals surface area contributed by atoms with Crippen LogP contribution < -0.4 is 11.1 Å². The van der Waals surface area contributed by atoms with Gasteiger partial charge in [0.25, 0.3) is 5.91 Å². The van der Waals surface area contributed by atoms with Crippen LogP contribution in [0.25, 0.3) is 0 Å². The standard InChI is InChI=1S/C14H14N2O2S/c1-10-13(6-8-18-10)14(17)16-9-12-5-4-11(19-12)3-2-7-15/h4-6,8H,7,9,15H2,1H3,(H,16,17). The molecule has 0 aliphatic heterocycles. The molecule has 1 amide bonds. The first-order valence-electron chi connectivity index (χ1n) is 5.80. The van der Waals surface area contributed by atoms with E-state index >= 15 is 0 Å². The molecule has 0 spiro atoms. The summed E-state index contributed by atoms with van der Waals surface area (Å²) in [7, 11) is 0. The molecule has 0 unspecified atom stereocenters. The molecule has 0 fully saturated rings. The molecule has 0 aliphatic rings. The van der Waals surface area contributed by atoms with Crippen molar-refractivity contribution in [1.82, 2.24) is 5.32 Å². The quantitative estimate of drug-likeness (QED) is 0.840. The third-order valence-electron chi connectivity index (χ3n) is 2.50. The fraction of sp³-hybridized carbons (Fsp3) is 0.214. The van der Waals surface area contributed by atoms with E-state index in [1.54, 1.807) is 24.3 Å². The van der Waals surface area contributed by atoms with Crippen LogP contribution in [0.1, 0.15) is 25.9 Å². The summed E-state index contributed by atoms with van der Waals surface area (Å²) in [6, 6.07) is 5.54. The lowest BCUT2D eigenvalue weighted by atomic mass is 10.2. The van der Waals surface area contributed by atoms with Crippen molar-refractivity contribution < 1.29 is 9.21 Å². The highest BCUT2D eigenvalue weighted by molar-refractivity contribution is 7.12. The van der Waals surface area contributed by atoms with Crippen molar-refractivity contribution in [3.63, 3.8) is 0 Å². The smallest absolute Gasteiger partial charge is 0.255 e. The van der Waals surface area contributed by atoms with E-state index in [0.717, 1.165) is 9.75 Å². The molecule has 0 saturated carbocycles. The van der Waals surface area contributed by atoms with Crippen molar-refractivity contribution in [3.8, 4) is 11.8 Å². The molecule has 98 valence electrons. The van der Waals surface area contributed by atoms with E-state index in [-0.39, 0.29) is 5.91 Å². The highest BCUT2D eigenvalue weighted by Crippen LogP contribution is 2.15. The van der Waals surface area contributed by atoms with Crippen LogP contribution in [-0.4, -0.2) is 12.5 Å². The normalized spacial score (nSPS) is 9.79. The molecule has 2 aromatic rings. The molecule has 0 atom stereocenters. The van der Waals surface area contributed by atoms with Crippen LogP contribution in [0.4, 0.5) is 0 Å². The Balaban J connectivity index is 1.94. The fourth-order valence-electron chi connectivity index (χ4n) is 1.56. The van der Waals surface area contributed by atoms with Gasteiger partial charge in [-0.2, -0.15) is 0 Å². The summed E-state index contributed by atoms with van der Waals surface area (Å²) in [5.41, 5.74) is 5.88. The Morgan fingerprint density at radius 1 is 1.47 bits per heavy atom. The van der Waals surface area contributed by atoms with Gasteiger partial charge in [0.1, 0.15) is 5.76 Å². The molecule has 19 heavy (non-hydrogen) atoms. The number of hydrogen-bond donors (Lipinski definition) is 2. The number of hydrogen-bond acceptors (Lipinski definition) is 4. The van der Waals surface area contributed by atoms with Crippen molar-refractivity contribution in [3.05, 3.63) is 45.5 Å². The van der Waals surface area contributed by atoms with Crippen molar-refractivity contribution in [2.75, 3.05) is 6.54 Å². The molecule has 0 aliphatic carbocycles. The monoisotopic (exact) mass is 274 g/mol. The predicted molar refractivity (Wildman–Crippen MR) is 74.9 cm³/mol. The van der Waals surface area contributed by atoms with E-state index in [0.29, 0.717) is 24.4 Å². The van der Waals surface area contributed by atoms with E-state index in [1.807, 2.05) is 12.1 Å². The molecular formula is C14H14N2O2S. The summed E-state index contributed by atoms with van der Waals surface area (Å²) in [6.45, 7) is 2.60. The van der Waals surface area contributed by atoms with Crippen LogP contribution in [0, 0.1) is 18.8 Å². The largest absolute Gasteiger partial charge is 0.469 e. The van der Waals surface area contributed by atoms with Crippen LogP contribution in [0.3, 0.4) is 0 Å². The van der Waals surface area contributed by atoms with Crippen molar-refractivity contribution in [1.29, 1.82) is 0 Å². The Kier molecular flexibility index (Phi) is 4.39. The number of rotatable bonds is 3. The van der Waals surface area contributed by atoms with Gasteiger partial charge in [-0.3, -0.25) is 4.79 Å². The van der Waals surface area contributed by atoms with Gasteiger partial charge in [0.15, 0.2) is 0 Å². The van der Waals surface area contributed by atoms with Crippen molar-refractivity contribution in [2.24, 2.45) is 5.73 Å². The molecule has 0 radical (unpaired) electrons. The van der Waals surface area contributed by atoms with Crippen molar-refractivity contribution >= 4 is 17.2 Å². The van der Waals surface area contributed by atoms with Crippen LogP contribution in [0.2, 0.25) is 0 Å². The number of aryl methyl sites for hydroxylation is 1. The molecule has 2 rings (SSSR count). The maximum Gasteiger partial charge on any atom is 0.255 e. The summed E-state index contributed by atoms with van der Waals surface area (Å²) in [5, 5.41) is 2.85. The summed E-state index contributed by atoms with van der Waals surface area (Å²) in [5.74, 6) is 6.26. The molecule has 4 nitrogen and oxygen atoms in total. The van der Waals surface area contributed by atoms with Gasteiger partial charge in [0.2, 0.25) is 0 Å². The molecule has 0 saturated heterocycles. The number of nitrogens with one attached hydrogen (secondary N) is 1. The van der Waals surface area contributed by atoms with Crippen LogP contribution >= 0.6 is 11.3 Å². The Labute approximate surface area is 115 Å². The lowest BCUT2D eigenvalue weighted by molar-refractivity contribution is 0.0950. The topological polar surface area (TPSA) is 68.3 Å². The first-order valence-corrected chi connectivity index (χ1v) is 6.62. The zero-order valence-electron chi connectivity index (χ0n) is 10.5. The van der Waals surface area contributed by atoms with E-state index in [2.05, 4.69) is 17.2 Å². The van der Waals surface area contributed by atoms with E-state index in [1.165, 1.54) is 6.26 Å². The Hall–Kier alpha value is -2.03. The molecule has 5 heteroatoms. The second-order valence-electron chi connectivity index (χ2n) is 3.84. The predicted octanol–water partition coefficient (Wildman–Crippen LogP) is 1.89. The summed E-state index contributed by atoms with van der Waals surface area (Å²) in [6.07, 6.45) is 1.51. The van der Waals surface area contributed by atoms with Gasteiger partial charge in [0.05, 0.1) is 29.8 Å². The average Bonchev–Trinajstić information content (AvgIpc) is 3.02. The summed E-state index contributed by atoms with van der Waals surface area (Å²) in [4.78, 5) is 13.9. The second kappa shape index (κ2) is 6.23. The average molecular weight is 274 g/mol. The van der Waals surface area contributed by atoms with Gasteiger partial charge in [-0.05, 0) is 25.1 Å². The highest BCUT2D eigenvalue weighted by Gasteiger charge is 2.11. The second-order valence-corrected chi connectivity index (χ2v) is 5.01. The number of furan rings is 1. The minimum absolute atomic E-state index is 0.130.